The van der Waals surface area contributed by atoms with Crippen LogP contribution in [0.3, 0.4) is 0 Å². The Hall–Kier alpha value is -0.400. The summed E-state index contributed by atoms with van der Waals surface area (Å²) in [5, 5.41) is 3.12. The number of benzene rings is 2. The molecule has 2 aromatic carbocycles. The molecule has 0 aliphatic carbocycles. The number of hydrogen-bond acceptors (Lipinski definition) is 0. The van der Waals surface area contributed by atoms with Crippen LogP contribution in [0, 0.1) is 27.7 Å². The summed E-state index contributed by atoms with van der Waals surface area (Å²) in [5.41, 5.74) is 4.12. The minimum atomic E-state index is 0.749. The van der Waals surface area contributed by atoms with Gasteiger partial charge in [-0.25, -0.2) is 0 Å². The second-order valence-electron chi connectivity index (χ2n) is 4.70. The minimum absolute atomic E-state index is 0.749. The maximum atomic E-state index is 5.89. The normalized spacial score (nSPS) is 10.0. The van der Waals surface area contributed by atoms with E-state index < -0.39 is 0 Å². The summed E-state index contributed by atoms with van der Waals surface area (Å²) in [6, 6.07) is 7.46. The van der Waals surface area contributed by atoms with Crippen LogP contribution in [-0.4, -0.2) is 0 Å². The second-order valence-corrected chi connectivity index (χ2v) is 6.33. The summed E-state index contributed by atoms with van der Waals surface area (Å²) in [7, 11) is 0. The van der Waals surface area contributed by atoms with Crippen LogP contribution in [0.25, 0.3) is 0 Å². The van der Waals surface area contributed by atoms with Crippen LogP contribution in [0.15, 0.2) is 24.3 Å². The summed E-state index contributed by atoms with van der Waals surface area (Å²) >= 11 is 23.3. The average molecular weight is 350 g/mol. The van der Waals surface area contributed by atoms with Gasteiger partial charge >= 0.3 is 0 Å². The van der Waals surface area contributed by atoms with Crippen LogP contribution in [0.4, 0.5) is 0 Å². The summed E-state index contributed by atoms with van der Waals surface area (Å²) in [4.78, 5) is 0. The van der Waals surface area contributed by atoms with Gasteiger partial charge in [0, 0.05) is 20.1 Å². The zero-order chi connectivity index (χ0) is 15.4. The molecule has 0 nitrogen and oxygen atoms in total. The fourth-order valence-electron chi connectivity index (χ4n) is 1.64. The number of aryl methyl sites for hydroxylation is 4. The van der Waals surface area contributed by atoms with E-state index in [-0.39, 0.29) is 0 Å². The van der Waals surface area contributed by atoms with Crippen molar-refractivity contribution in [3.8, 4) is 0 Å². The van der Waals surface area contributed by atoms with Crippen molar-refractivity contribution in [2.24, 2.45) is 0 Å². The van der Waals surface area contributed by atoms with Crippen molar-refractivity contribution in [1.29, 1.82) is 0 Å². The molecule has 20 heavy (non-hydrogen) atoms. The van der Waals surface area contributed by atoms with E-state index >= 15 is 0 Å². The maximum absolute atomic E-state index is 5.89. The molecule has 0 saturated heterocycles. The van der Waals surface area contributed by atoms with Gasteiger partial charge in [0.2, 0.25) is 0 Å². The first-order valence-corrected chi connectivity index (χ1v) is 7.58. The monoisotopic (exact) mass is 348 g/mol. The van der Waals surface area contributed by atoms with Crippen LogP contribution < -0.4 is 0 Å². The van der Waals surface area contributed by atoms with Crippen molar-refractivity contribution < 1.29 is 0 Å². The molecule has 2 rings (SSSR count). The van der Waals surface area contributed by atoms with Gasteiger partial charge in [0.05, 0.1) is 0 Å². The molecule has 0 saturated carbocycles. The highest BCUT2D eigenvalue weighted by Crippen LogP contribution is 2.24. The van der Waals surface area contributed by atoms with Crippen LogP contribution in [0.5, 0.6) is 0 Å². The van der Waals surface area contributed by atoms with E-state index in [9.17, 15) is 0 Å². The lowest BCUT2D eigenvalue weighted by molar-refractivity contribution is 1.38. The van der Waals surface area contributed by atoms with Crippen molar-refractivity contribution >= 4 is 46.4 Å². The topological polar surface area (TPSA) is 0 Å². The molecule has 0 spiro atoms. The third kappa shape index (κ3) is 4.86. The fraction of sp³-hybridized carbons (Fsp3) is 0.250. The Balaban J connectivity index is 0.000000200. The highest BCUT2D eigenvalue weighted by molar-refractivity contribution is 6.34. The van der Waals surface area contributed by atoms with Gasteiger partial charge < -0.3 is 0 Å². The highest BCUT2D eigenvalue weighted by Gasteiger charge is 2.00. The Morgan fingerprint density at radius 3 is 1.25 bits per heavy atom. The molecule has 0 bridgehead atoms. The molecule has 0 aromatic heterocycles. The van der Waals surface area contributed by atoms with E-state index in [4.69, 9.17) is 46.4 Å². The molecular weight excluding hydrogens is 334 g/mol. The molecule has 2 aromatic rings. The Labute approximate surface area is 140 Å². The Kier molecular flexibility index (Phi) is 6.68. The summed E-state index contributed by atoms with van der Waals surface area (Å²) in [5.74, 6) is 0. The predicted molar refractivity (Wildman–Crippen MR) is 91.9 cm³/mol. The van der Waals surface area contributed by atoms with Crippen LogP contribution in [-0.2, 0) is 0 Å². The molecule has 0 heterocycles. The Bertz CT molecular complexity index is 545. The maximum Gasteiger partial charge on any atom is 0.0465 e. The van der Waals surface area contributed by atoms with E-state index in [1.54, 1.807) is 0 Å². The quantitative estimate of drug-likeness (QED) is 0.470. The summed E-state index contributed by atoms with van der Waals surface area (Å²) in [6.45, 7) is 7.77. The largest absolute Gasteiger partial charge is 0.0843 e. The van der Waals surface area contributed by atoms with Gasteiger partial charge in [0.25, 0.3) is 0 Å². The van der Waals surface area contributed by atoms with Gasteiger partial charge in [0.15, 0.2) is 0 Å². The number of hydrogen-bond donors (Lipinski definition) is 0. The second kappa shape index (κ2) is 7.56. The van der Waals surface area contributed by atoms with E-state index in [2.05, 4.69) is 0 Å². The van der Waals surface area contributed by atoms with Crippen molar-refractivity contribution in [3.63, 3.8) is 0 Å². The van der Waals surface area contributed by atoms with Crippen molar-refractivity contribution in [2.45, 2.75) is 27.7 Å². The lowest BCUT2D eigenvalue weighted by Crippen LogP contribution is -1.79. The van der Waals surface area contributed by atoms with Crippen molar-refractivity contribution in [2.75, 3.05) is 0 Å². The van der Waals surface area contributed by atoms with Crippen LogP contribution in [0.1, 0.15) is 22.3 Å². The van der Waals surface area contributed by atoms with Gasteiger partial charge in [-0.15, -0.1) is 0 Å². The SMILES string of the molecule is Cc1cc(Cl)c(C)cc1Cl.Cc1cc(Cl)cc(C)c1Cl. The van der Waals surface area contributed by atoms with Gasteiger partial charge in [-0.2, -0.15) is 0 Å². The third-order valence-electron chi connectivity index (χ3n) is 2.84. The molecule has 0 atom stereocenters. The molecular formula is C16H16Cl4. The fourth-order valence-corrected chi connectivity index (χ4v) is 2.51. The molecule has 0 radical (unpaired) electrons. The average Bonchev–Trinajstić information content (AvgIpc) is 2.34. The highest BCUT2D eigenvalue weighted by atomic mass is 35.5. The first-order chi connectivity index (χ1) is 9.22. The molecule has 0 unspecified atom stereocenters. The molecule has 0 aliphatic rings. The molecule has 4 heteroatoms. The zero-order valence-corrected chi connectivity index (χ0v) is 14.8. The lowest BCUT2D eigenvalue weighted by atomic mass is 10.2. The van der Waals surface area contributed by atoms with Crippen molar-refractivity contribution in [1.82, 2.24) is 0 Å². The standard InChI is InChI=1S/2C8H8Cl2/c1-5-3-8(10)6(2)4-7(5)9;1-5-3-7(9)4-6(2)8(5)10/h2*3-4H,1-2H3. The van der Waals surface area contributed by atoms with E-state index in [0.29, 0.717) is 0 Å². The molecule has 0 aliphatic heterocycles. The Morgan fingerprint density at radius 2 is 0.900 bits per heavy atom. The first-order valence-electron chi connectivity index (χ1n) is 6.07. The third-order valence-corrected chi connectivity index (χ3v) is 4.47. The predicted octanol–water partition coefficient (Wildman–Crippen LogP) is 7.22. The first kappa shape index (κ1) is 17.7. The number of halogens is 4. The van der Waals surface area contributed by atoms with E-state index in [1.807, 2.05) is 52.0 Å². The van der Waals surface area contributed by atoms with Gasteiger partial charge in [-0.3, -0.25) is 0 Å². The molecule has 0 N–H and O–H groups in total. The van der Waals surface area contributed by atoms with Crippen LogP contribution >= 0.6 is 46.4 Å². The van der Waals surface area contributed by atoms with Gasteiger partial charge in [-0.05, 0) is 74.2 Å². The molecule has 0 amide bonds. The molecule has 108 valence electrons. The number of rotatable bonds is 0. The zero-order valence-electron chi connectivity index (χ0n) is 11.8. The minimum Gasteiger partial charge on any atom is -0.0843 e. The Morgan fingerprint density at radius 1 is 0.550 bits per heavy atom. The van der Waals surface area contributed by atoms with Gasteiger partial charge in [0.1, 0.15) is 0 Å². The summed E-state index contributed by atoms with van der Waals surface area (Å²) < 4.78 is 0. The summed E-state index contributed by atoms with van der Waals surface area (Å²) in [6.07, 6.45) is 0. The van der Waals surface area contributed by atoms with Gasteiger partial charge in [-0.1, -0.05) is 46.4 Å². The van der Waals surface area contributed by atoms with E-state index in [1.165, 1.54) is 0 Å². The lowest BCUT2D eigenvalue weighted by Gasteiger charge is -2.01. The van der Waals surface area contributed by atoms with Crippen molar-refractivity contribution in [3.05, 3.63) is 66.6 Å². The van der Waals surface area contributed by atoms with E-state index in [0.717, 1.165) is 42.3 Å². The smallest absolute Gasteiger partial charge is 0.0465 e. The molecule has 0 fully saturated rings. The van der Waals surface area contributed by atoms with Crippen LogP contribution in [0.2, 0.25) is 20.1 Å².